The Hall–Kier alpha value is -3.68. The van der Waals surface area contributed by atoms with E-state index in [2.05, 4.69) is 5.32 Å². The fourth-order valence-corrected chi connectivity index (χ4v) is 2.17. The van der Waals surface area contributed by atoms with Crippen molar-refractivity contribution in [2.75, 3.05) is 26.0 Å². The van der Waals surface area contributed by atoms with E-state index >= 15 is 0 Å². The summed E-state index contributed by atoms with van der Waals surface area (Å²) >= 11 is 0. The van der Waals surface area contributed by atoms with Crippen LogP contribution in [0.5, 0.6) is 5.75 Å². The van der Waals surface area contributed by atoms with Gasteiger partial charge in [-0.2, -0.15) is 0 Å². The van der Waals surface area contributed by atoms with Crippen molar-refractivity contribution in [3.63, 3.8) is 0 Å². The summed E-state index contributed by atoms with van der Waals surface area (Å²) in [6.07, 6.45) is 2.84. The number of likely N-dealkylation sites (N-methyl/N-ethyl adjacent to an activating group) is 1. The lowest BCUT2D eigenvalue weighted by Crippen LogP contribution is -2.33. The van der Waals surface area contributed by atoms with Crippen molar-refractivity contribution >= 4 is 29.3 Å². The monoisotopic (exact) mass is 369 g/mol. The molecule has 27 heavy (non-hydrogen) atoms. The summed E-state index contributed by atoms with van der Waals surface area (Å²) in [5.41, 5.74) is 1.22. The molecule has 0 spiro atoms. The van der Waals surface area contributed by atoms with Crippen LogP contribution in [-0.4, -0.2) is 42.3 Å². The standard InChI is InChI=1S/C19H19N3O5/c1-21(13-18(23)20-15-6-10-17(27-2)11-7-15)19(24)12-5-14-3-8-16(9-4-14)22(25)26/h3-12H,13H2,1-2H3,(H,20,23)/b12-5+. The molecule has 0 atom stereocenters. The molecule has 140 valence electrons. The first kappa shape index (κ1) is 19.6. The molecule has 0 aliphatic rings. The number of rotatable bonds is 7. The van der Waals surface area contributed by atoms with E-state index in [1.54, 1.807) is 31.4 Å². The van der Waals surface area contributed by atoms with Crippen LogP contribution in [0.1, 0.15) is 5.56 Å². The van der Waals surface area contributed by atoms with Gasteiger partial charge in [-0.25, -0.2) is 0 Å². The van der Waals surface area contributed by atoms with E-state index in [0.717, 1.165) is 0 Å². The molecule has 0 aromatic heterocycles. The highest BCUT2D eigenvalue weighted by atomic mass is 16.6. The third kappa shape index (κ3) is 5.96. The van der Waals surface area contributed by atoms with Crippen LogP contribution in [0.2, 0.25) is 0 Å². The summed E-state index contributed by atoms with van der Waals surface area (Å²) in [7, 11) is 3.06. The molecule has 2 aromatic carbocycles. The number of ether oxygens (including phenoxy) is 1. The average Bonchev–Trinajstić information content (AvgIpc) is 2.66. The molecule has 0 saturated heterocycles. The molecule has 2 amide bonds. The molecule has 0 unspecified atom stereocenters. The number of methoxy groups -OCH3 is 1. The van der Waals surface area contributed by atoms with E-state index in [1.807, 2.05) is 0 Å². The Labute approximate surface area is 156 Å². The molecule has 0 aliphatic heterocycles. The number of anilines is 1. The van der Waals surface area contributed by atoms with Crippen LogP contribution in [0.15, 0.2) is 54.6 Å². The van der Waals surface area contributed by atoms with Gasteiger partial charge in [0.05, 0.1) is 18.6 Å². The maximum Gasteiger partial charge on any atom is 0.269 e. The van der Waals surface area contributed by atoms with Crippen molar-refractivity contribution in [1.29, 1.82) is 0 Å². The number of non-ortho nitro benzene ring substituents is 1. The largest absolute Gasteiger partial charge is 0.497 e. The highest BCUT2D eigenvalue weighted by Crippen LogP contribution is 2.15. The second-order valence-electron chi connectivity index (χ2n) is 5.65. The molecular formula is C19H19N3O5. The SMILES string of the molecule is COc1ccc(NC(=O)CN(C)C(=O)/C=C/c2ccc([N+](=O)[O-])cc2)cc1. The molecule has 8 nitrogen and oxygen atoms in total. The number of hydrogen-bond acceptors (Lipinski definition) is 5. The summed E-state index contributed by atoms with van der Waals surface area (Å²) in [5, 5.41) is 13.3. The van der Waals surface area contributed by atoms with Gasteiger partial charge < -0.3 is 15.0 Å². The molecule has 0 saturated carbocycles. The lowest BCUT2D eigenvalue weighted by atomic mass is 10.2. The van der Waals surface area contributed by atoms with Crippen molar-refractivity contribution in [3.8, 4) is 5.75 Å². The van der Waals surface area contributed by atoms with Gasteiger partial charge >= 0.3 is 0 Å². The number of nitro benzene ring substituents is 1. The van der Waals surface area contributed by atoms with E-state index in [0.29, 0.717) is 17.0 Å². The average molecular weight is 369 g/mol. The predicted octanol–water partition coefficient (Wildman–Crippen LogP) is 2.71. The second kappa shape index (κ2) is 9.14. The molecule has 8 heteroatoms. The Kier molecular flexibility index (Phi) is 6.65. The van der Waals surface area contributed by atoms with Gasteiger partial charge in [-0.3, -0.25) is 19.7 Å². The Morgan fingerprint density at radius 1 is 1.15 bits per heavy atom. The third-order valence-electron chi connectivity index (χ3n) is 3.65. The minimum absolute atomic E-state index is 0.0224. The highest BCUT2D eigenvalue weighted by molar-refractivity contribution is 5.97. The van der Waals surface area contributed by atoms with Gasteiger partial charge in [0, 0.05) is 30.9 Å². The lowest BCUT2D eigenvalue weighted by molar-refractivity contribution is -0.384. The quantitative estimate of drug-likeness (QED) is 0.459. The van der Waals surface area contributed by atoms with Crippen molar-refractivity contribution < 1.29 is 19.2 Å². The fraction of sp³-hybridized carbons (Fsp3) is 0.158. The van der Waals surface area contributed by atoms with Gasteiger partial charge in [0.25, 0.3) is 5.69 Å². The minimum Gasteiger partial charge on any atom is -0.497 e. The minimum atomic E-state index is -0.492. The van der Waals surface area contributed by atoms with Gasteiger partial charge in [0.15, 0.2) is 0 Å². The van der Waals surface area contributed by atoms with Gasteiger partial charge in [-0.05, 0) is 48.0 Å². The number of amides is 2. The highest BCUT2D eigenvalue weighted by Gasteiger charge is 2.11. The molecule has 2 rings (SSSR count). The van der Waals surface area contributed by atoms with Gasteiger partial charge in [0.1, 0.15) is 5.75 Å². The van der Waals surface area contributed by atoms with Gasteiger partial charge in [-0.1, -0.05) is 0 Å². The first-order chi connectivity index (χ1) is 12.9. The Morgan fingerprint density at radius 3 is 2.33 bits per heavy atom. The third-order valence-corrected chi connectivity index (χ3v) is 3.65. The zero-order valence-corrected chi connectivity index (χ0v) is 14.9. The van der Waals surface area contributed by atoms with E-state index in [9.17, 15) is 19.7 Å². The topological polar surface area (TPSA) is 102 Å². The Morgan fingerprint density at radius 2 is 1.78 bits per heavy atom. The molecule has 2 aromatic rings. The number of nitro groups is 1. The molecular weight excluding hydrogens is 350 g/mol. The molecule has 1 N–H and O–H groups in total. The van der Waals surface area contributed by atoms with Crippen LogP contribution in [0.25, 0.3) is 6.08 Å². The van der Waals surface area contributed by atoms with E-state index in [-0.39, 0.29) is 24.0 Å². The van der Waals surface area contributed by atoms with E-state index in [1.165, 1.54) is 48.4 Å². The Balaban J connectivity index is 1.88. The molecule has 0 bridgehead atoms. The van der Waals surface area contributed by atoms with Crippen molar-refractivity contribution in [2.24, 2.45) is 0 Å². The zero-order chi connectivity index (χ0) is 19.8. The molecule has 0 heterocycles. The number of nitrogens with zero attached hydrogens (tertiary/aromatic N) is 2. The summed E-state index contributed by atoms with van der Waals surface area (Å²) in [6, 6.07) is 12.6. The zero-order valence-electron chi connectivity index (χ0n) is 14.9. The number of benzene rings is 2. The first-order valence-electron chi connectivity index (χ1n) is 8.00. The van der Waals surface area contributed by atoms with Crippen molar-refractivity contribution in [1.82, 2.24) is 4.90 Å². The van der Waals surface area contributed by atoms with Crippen molar-refractivity contribution in [2.45, 2.75) is 0 Å². The smallest absolute Gasteiger partial charge is 0.269 e. The van der Waals surface area contributed by atoms with Crippen LogP contribution in [-0.2, 0) is 9.59 Å². The van der Waals surface area contributed by atoms with Gasteiger partial charge in [0.2, 0.25) is 11.8 Å². The Bertz CT molecular complexity index is 845. The summed E-state index contributed by atoms with van der Waals surface area (Å²) in [4.78, 5) is 35.5. The number of carbonyl (C=O) groups excluding carboxylic acids is 2. The fourth-order valence-electron chi connectivity index (χ4n) is 2.17. The van der Waals surface area contributed by atoms with Crippen LogP contribution in [0.3, 0.4) is 0 Å². The van der Waals surface area contributed by atoms with E-state index in [4.69, 9.17) is 4.74 Å². The predicted molar refractivity (Wildman–Crippen MR) is 101 cm³/mol. The first-order valence-corrected chi connectivity index (χ1v) is 8.00. The van der Waals surface area contributed by atoms with Crippen molar-refractivity contribution in [3.05, 3.63) is 70.3 Å². The summed E-state index contributed by atoms with van der Waals surface area (Å²) < 4.78 is 5.05. The maximum absolute atomic E-state index is 12.1. The maximum atomic E-state index is 12.1. The molecule has 0 radical (unpaired) electrons. The van der Waals surface area contributed by atoms with E-state index < -0.39 is 4.92 Å². The number of carbonyl (C=O) groups is 2. The second-order valence-corrected chi connectivity index (χ2v) is 5.65. The molecule has 0 fully saturated rings. The normalized spacial score (nSPS) is 10.4. The number of hydrogen-bond donors (Lipinski definition) is 1. The number of nitrogens with one attached hydrogen (secondary N) is 1. The molecule has 0 aliphatic carbocycles. The van der Waals surface area contributed by atoms with Crippen LogP contribution in [0, 0.1) is 10.1 Å². The lowest BCUT2D eigenvalue weighted by Gasteiger charge is -2.15. The summed E-state index contributed by atoms with van der Waals surface area (Å²) in [5.74, 6) is -0.0188. The van der Waals surface area contributed by atoms with Crippen LogP contribution < -0.4 is 10.1 Å². The van der Waals surface area contributed by atoms with Crippen LogP contribution in [0.4, 0.5) is 11.4 Å². The van der Waals surface area contributed by atoms with Crippen LogP contribution >= 0.6 is 0 Å². The summed E-state index contributed by atoms with van der Waals surface area (Å²) in [6.45, 7) is -0.116. The van der Waals surface area contributed by atoms with Gasteiger partial charge in [-0.15, -0.1) is 0 Å².